The molecule has 0 aliphatic carbocycles. The molecule has 0 radical (unpaired) electrons. The third-order valence-corrected chi connectivity index (χ3v) is 3.80. The zero-order valence-corrected chi connectivity index (χ0v) is 11.5. The van der Waals surface area contributed by atoms with E-state index < -0.39 is 0 Å². The van der Waals surface area contributed by atoms with Gasteiger partial charge in [-0.15, -0.1) is 0 Å². The molecule has 0 N–H and O–H groups in total. The van der Waals surface area contributed by atoms with Gasteiger partial charge >= 0.3 is 0 Å². The molecule has 86 valence electrons. The summed E-state index contributed by atoms with van der Waals surface area (Å²) in [5.41, 5.74) is 1.69. The van der Waals surface area contributed by atoms with E-state index in [1.165, 1.54) is 6.07 Å². The minimum atomic E-state index is -0.387. The molecule has 3 nitrogen and oxygen atoms in total. The first-order valence-corrected chi connectivity index (χ1v) is 6.24. The summed E-state index contributed by atoms with van der Waals surface area (Å²) in [5, 5.41) is 11.4. The standard InChI is InChI=1S/C12H7ClINO2/c13-10-6-2-1-4-8(10)9-5-3-7-11(12(9)14)15(16)17/h1-7H. The quantitative estimate of drug-likeness (QED) is 0.449. The molecule has 0 atom stereocenters. The lowest BCUT2D eigenvalue weighted by Gasteiger charge is -2.06. The van der Waals surface area contributed by atoms with Crippen LogP contribution in [0, 0.1) is 13.7 Å². The number of halogens is 2. The van der Waals surface area contributed by atoms with Crippen LogP contribution in [-0.4, -0.2) is 4.92 Å². The molecule has 2 aromatic carbocycles. The van der Waals surface area contributed by atoms with E-state index in [0.29, 0.717) is 8.59 Å². The summed E-state index contributed by atoms with van der Waals surface area (Å²) in [6.45, 7) is 0. The summed E-state index contributed by atoms with van der Waals surface area (Å²) >= 11 is 8.07. The molecule has 0 aliphatic heterocycles. The van der Waals surface area contributed by atoms with Crippen LogP contribution in [0.2, 0.25) is 5.02 Å². The Balaban J connectivity index is 2.65. The van der Waals surface area contributed by atoms with Crippen molar-refractivity contribution in [2.75, 3.05) is 0 Å². The zero-order chi connectivity index (χ0) is 12.4. The van der Waals surface area contributed by atoms with Crippen molar-refractivity contribution in [3.05, 3.63) is 61.2 Å². The van der Waals surface area contributed by atoms with Crippen LogP contribution < -0.4 is 0 Å². The molecular weight excluding hydrogens is 352 g/mol. The number of nitro groups is 1. The van der Waals surface area contributed by atoms with Crippen molar-refractivity contribution in [2.45, 2.75) is 0 Å². The second kappa shape index (κ2) is 5.01. The lowest BCUT2D eigenvalue weighted by atomic mass is 10.1. The van der Waals surface area contributed by atoms with E-state index in [-0.39, 0.29) is 10.6 Å². The lowest BCUT2D eigenvalue weighted by Crippen LogP contribution is -1.93. The predicted molar refractivity (Wildman–Crippen MR) is 76.3 cm³/mol. The summed E-state index contributed by atoms with van der Waals surface area (Å²) in [7, 11) is 0. The SMILES string of the molecule is O=[N+]([O-])c1cccc(-c2ccccc2Cl)c1I. The molecule has 0 fully saturated rings. The fourth-order valence-corrected chi connectivity index (χ4v) is 2.63. The minimum Gasteiger partial charge on any atom is -0.258 e. The van der Waals surface area contributed by atoms with E-state index in [4.69, 9.17) is 11.6 Å². The summed E-state index contributed by atoms with van der Waals surface area (Å²) in [5.74, 6) is 0. The van der Waals surface area contributed by atoms with Gasteiger partial charge in [-0.1, -0.05) is 41.9 Å². The maximum atomic E-state index is 10.9. The van der Waals surface area contributed by atoms with Crippen molar-refractivity contribution in [3.8, 4) is 11.1 Å². The van der Waals surface area contributed by atoms with E-state index in [2.05, 4.69) is 0 Å². The van der Waals surface area contributed by atoms with Crippen LogP contribution >= 0.6 is 34.2 Å². The first kappa shape index (κ1) is 12.3. The molecule has 0 amide bonds. The van der Waals surface area contributed by atoms with Gasteiger partial charge in [0.2, 0.25) is 0 Å². The van der Waals surface area contributed by atoms with Crippen molar-refractivity contribution in [2.24, 2.45) is 0 Å². The van der Waals surface area contributed by atoms with Gasteiger partial charge in [0.05, 0.1) is 8.49 Å². The Morgan fingerprint density at radius 3 is 2.35 bits per heavy atom. The fraction of sp³-hybridized carbons (Fsp3) is 0. The Hall–Kier alpha value is -1.14. The molecule has 2 aromatic rings. The minimum absolute atomic E-state index is 0.100. The zero-order valence-electron chi connectivity index (χ0n) is 8.56. The third kappa shape index (κ3) is 2.42. The van der Waals surface area contributed by atoms with E-state index in [1.54, 1.807) is 12.1 Å². The molecule has 0 saturated heterocycles. The van der Waals surface area contributed by atoms with Crippen LogP contribution in [0.25, 0.3) is 11.1 Å². The topological polar surface area (TPSA) is 43.1 Å². The smallest absolute Gasteiger partial charge is 0.258 e. The molecule has 0 unspecified atom stereocenters. The largest absolute Gasteiger partial charge is 0.283 e. The lowest BCUT2D eigenvalue weighted by molar-refractivity contribution is -0.385. The average molecular weight is 360 g/mol. The van der Waals surface area contributed by atoms with Gasteiger partial charge in [0.25, 0.3) is 5.69 Å². The maximum Gasteiger partial charge on any atom is 0.283 e. The second-order valence-corrected chi connectivity index (χ2v) is 4.86. The van der Waals surface area contributed by atoms with Gasteiger partial charge in [-0.25, -0.2) is 0 Å². The van der Waals surface area contributed by atoms with Crippen LogP contribution in [0.5, 0.6) is 0 Å². The molecular formula is C12H7ClINO2. The van der Waals surface area contributed by atoms with Gasteiger partial charge in [0.15, 0.2) is 0 Å². The predicted octanol–water partition coefficient (Wildman–Crippen LogP) is 4.52. The summed E-state index contributed by atoms with van der Waals surface area (Å²) in [4.78, 5) is 10.5. The number of nitrogens with zero attached hydrogens (tertiary/aromatic N) is 1. The molecule has 0 bridgehead atoms. The summed E-state index contributed by atoms with van der Waals surface area (Å²) in [6.07, 6.45) is 0. The molecule has 0 aromatic heterocycles. The first-order chi connectivity index (χ1) is 8.11. The first-order valence-electron chi connectivity index (χ1n) is 4.79. The highest BCUT2D eigenvalue weighted by Gasteiger charge is 2.16. The van der Waals surface area contributed by atoms with Crippen molar-refractivity contribution in [3.63, 3.8) is 0 Å². The number of benzene rings is 2. The van der Waals surface area contributed by atoms with Gasteiger partial charge in [-0.05, 0) is 28.7 Å². The van der Waals surface area contributed by atoms with Crippen molar-refractivity contribution in [1.29, 1.82) is 0 Å². The molecule has 17 heavy (non-hydrogen) atoms. The highest BCUT2D eigenvalue weighted by molar-refractivity contribution is 14.1. The van der Waals surface area contributed by atoms with Gasteiger partial charge < -0.3 is 0 Å². The van der Waals surface area contributed by atoms with Gasteiger partial charge in [0.1, 0.15) is 0 Å². The summed E-state index contributed by atoms with van der Waals surface area (Å²) in [6, 6.07) is 12.3. The van der Waals surface area contributed by atoms with Gasteiger partial charge in [-0.2, -0.15) is 0 Å². The Morgan fingerprint density at radius 1 is 1.06 bits per heavy atom. The van der Waals surface area contributed by atoms with Crippen molar-refractivity contribution < 1.29 is 4.92 Å². The van der Waals surface area contributed by atoms with E-state index in [9.17, 15) is 10.1 Å². The Bertz CT molecular complexity index is 586. The number of hydrogen-bond acceptors (Lipinski definition) is 2. The van der Waals surface area contributed by atoms with E-state index in [1.807, 2.05) is 46.9 Å². The highest BCUT2D eigenvalue weighted by Crippen LogP contribution is 2.35. The number of rotatable bonds is 2. The van der Waals surface area contributed by atoms with Crippen LogP contribution in [-0.2, 0) is 0 Å². The molecule has 0 aliphatic rings. The third-order valence-electron chi connectivity index (χ3n) is 2.34. The van der Waals surface area contributed by atoms with Gasteiger partial charge in [-0.3, -0.25) is 10.1 Å². The molecule has 5 heteroatoms. The van der Waals surface area contributed by atoms with Crippen LogP contribution in [0.1, 0.15) is 0 Å². The fourth-order valence-electron chi connectivity index (χ4n) is 1.55. The second-order valence-electron chi connectivity index (χ2n) is 3.38. The Labute approximate surface area is 117 Å². The van der Waals surface area contributed by atoms with Crippen LogP contribution in [0.3, 0.4) is 0 Å². The molecule has 0 spiro atoms. The monoisotopic (exact) mass is 359 g/mol. The van der Waals surface area contributed by atoms with Crippen LogP contribution in [0.4, 0.5) is 5.69 Å². The Kier molecular flexibility index (Phi) is 3.63. The molecule has 0 saturated carbocycles. The van der Waals surface area contributed by atoms with E-state index >= 15 is 0 Å². The number of nitro benzene ring substituents is 1. The molecule has 0 heterocycles. The average Bonchev–Trinajstić information content (AvgIpc) is 2.30. The molecule has 2 rings (SSSR count). The summed E-state index contributed by atoms with van der Waals surface area (Å²) < 4.78 is 0.600. The van der Waals surface area contributed by atoms with E-state index in [0.717, 1.165) is 11.1 Å². The van der Waals surface area contributed by atoms with Crippen molar-refractivity contribution in [1.82, 2.24) is 0 Å². The maximum absolute atomic E-state index is 10.9. The Morgan fingerprint density at radius 2 is 1.71 bits per heavy atom. The van der Waals surface area contributed by atoms with Gasteiger partial charge in [0, 0.05) is 22.2 Å². The number of hydrogen-bond donors (Lipinski definition) is 0. The normalized spacial score (nSPS) is 10.2. The van der Waals surface area contributed by atoms with Crippen molar-refractivity contribution >= 4 is 39.9 Å². The van der Waals surface area contributed by atoms with Crippen LogP contribution in [0.15, 0.2) is 42.5 Å². The highest BCUT2D eigenvalue weighted by atomic mass is 127.